The number of benzene rings is 2. The summed E-state index contributed by atoms with van der Waals surface area (Å²) in [6, 6.07) is 7.22. The van der Waals surface area contributed by atoms with Crippen LogP contribution in [0.4, 0.5) is 14.9 Å². The molecule has 0 saturated carbocycles. The second-order valence-corrected chi connectivity index (χ2v) is 9.59. The van der Waals surface area contributed by atoms with Gasteiger partial charge in [-0.05, 0) is 30.2 Å². The van der Waals surface area contributed by atoms with E-state index in [9.17, 15) is 23.6 Å². The van der Waals surface area contributed by atoms with Crippen LogP contribution in [0.3, 0.4) is 0 Å². The molecule has 1 atom stereocenters. The van der Waals surface area contributed by atoms with Crippen molar-refractivity contribution in [2.45, 2.75) is 51.3 Å². The molecule has 2 aromatic rings. The van der Waals surface area contributed by atoms with Gasteiger partial charge >= 0.3 is 6.09 Å². The van der Waals surface area contributed by atoms with Gasteiger partial charge in [-0.25, -0.2) is 9.18 Å². The quantitative estimate of drug-likeness (QED) is 0.649. The molecule has 0 aliphatic carbocycles. The number of nitrogens with zero attached hydrogens (tertiary/aromatic N) is 1. The van der Waals surface area contributed by atoms with Crippen molar-refractivity contribution in [3.05, 3.63) is 58.4 Å². The fourth-order valence-corrected chi connectivity index (χ4v) is 4.67. The molecule has 2 N–H and O–H groups in total. The maximum atomic E-state index is 14.8. The average molecular weight is 481 g/mol. The number of nitrogens with one attached hydrogen (secondary N) is 2. The summed E-state index contributed by atoms with van der Waals surface area (Å²) >= 11 is 0. The minimum Gasteiger partial charge on any atom is -0.492 e. The molecule has 182 valence electrons. The van der Waals surface area contributed by atoms with E-state index in [0.717, 1.165) is 5.56 Å². The minimum atomic E-state index is -0.834. The van der Waals surface area contributed by atoms with Gasteiger partial charge in [-0.2, -0.15) is 0 Å². The van der Waals surface area contributed by atoms with Gasteiger partial charge in [0.15, 0.2) is 0 Å². The molecule has 0 aromatic heterocycles. The van der Waals surface area contributed by atoms with Crippen LogP contribution < -0.4 is 15.4 Å². The van der Waals surface area contributed by atoms with E-state index >= 15 is 0 Å². The smallest absolute Gasteiger partial charge is 0.411 e. The van der Waals surface area contributed by atoms with Crippen LogP contribution in [0.15, 0.2) is 30.3 Å². The zero-order chi connectivity index (χ0) is 24.9. The molecule has 1 unspecified atom stereocenters. The Kier molecular flexibility index (Phi) is 5.46. The monoisotopic (exact) mass is 481 g/mol. The average Bonchev–Trinajstić information content (AvgIpc) is 3.29. The van der Waals surface area contributed by atoms with Crippen molar-refractivity contribution in [3.63, 3.8) is 0 Å². The van der Waals surface area contributed by atoms with Crippen LogP contribution in [0.5, 0.6) is 5.75 Å². The molecule has 0 radical (unpaired) electrons. The molecule has 4 amide bonds. The van der Waals surface area contributed by atoms with Gasteiger partial charge in [0.25, 0.3) is 5.91 Å². The standard InChI is InChI=1S/C25H24FN3O6/c1-25(2)12-35-20-9-14(3-4-17(20)25)27-24(33)34-11-13-7-15-16(18(26)8-13)10-29(23(15)32)19-5-6-21(30)28-22(19)31/h3-4,7-9,19H,5-6,10-12H2,1-2H3,(H,27,33)(H,28,30,31). The summed E-state index contributed by atoms with van der Waals surface area (Å²) in [5.41, 5.74) is 2.05. The van der Waals surface area contributed by atoms with Crippen molar-refractivity contribution in [1.82, 2.24) is 10.2 Å². The van der Waals surface area contributed by atoms with E-state index in [1.165, 1.54) is 17.0 Å². The number of halogens is 1. The second-order valence-electron chi connectivity index (χ2n) is 9.59. The molecule has 3 heterocycles. The van der Waals surface area contributed by atoms with Crippen LogP contribution >= 0.6 is 0 Å². The molecule has 3 aliphatic rings. The number of carbonyl (C=O) groups excluding carboxylic acids is 4. The van der Waals surface area contributed by atoms with Gasteiger partial charge < -0.3 is 14.4 Å². The third kappa shape index (κ3) is 4.20. The first-order valence-electron chi connectivity index (χ1n) is 11.3. The highest BCUT2D eigenvalue weighted by Crippen LogP contribution is 2.39. The summed E-state index contributed by atoms with van der Waals surface area (Å²) < 4.78 is 25.7. The van der Waals surface area contributed by atoms with Crippen LogP contribution in [-0.4, -0.2) is 41.4 Å². The number of carbonyl (C=O) groups is 4. The van der Waals surface area contributed by atoms with Gasteiger partial charge in [0.2, 0.25) is 11.8 Å². The van der Waals surface area contributed by atoms with Gasteiger partial charge in [-0.1, -0.05) is 19.9 Å². The predicted octanol–water partition coefficient (Wildman–Crippen LogP) is 3.01. The van der Waals surface area contributed by atoms with Gasteiger partial charge in [-0.3, -0.25) is 25.0 Å². The summed E-state index contributed by atoms with van der Waals surface area (Å²) in [5, 5.41) is 4.83. The zero-order valence-electron chi connectivity index (χ0n) is 19.3. The zero-order valence-corrected chi connectivity index (χ0v) is 19.3. The molecule has 35 heavy (non-hydrogen) atoms. The lowest BCUT2D eigenvalue weighted by molar-refractivity contribution is -0.136. The van der Waals surface area contributed by atoms with E-state index in [0.29, 0.717) is 23.6 Å². The number of imide groups is 1. The van der Waals surface area contributed by atoms with Crippen molar-refractivity contribution in [1.29, 1.82) is 0 Å². The molecule has 1 fully saturated rings. The van der Waals surface area contributed by atoms with Gasteiger partial charge in [-0.15, -0.1) is 0 Å². The maximum absolute atomic E-state index is 14.8. The van der Waals surface area contributed by atoms with E-state index in [2.05, 4.69) is 24.5 Å². The Labute approximate surface area is 200 Å². The number of hydrogen-bond acceptors (Lipinski definition) is 6. The summed E-state index contributed by atoms with van der Waals surface area (Å²) in [6.45, 7) is 4.39. The summed E-state index contributed by atoms with van der Waals surface area (Å²) in [7, 11) is 0. The Morgan fingerprint density at radius 3 is 2.83 bits per heavy atom. The van der Waals surface area contributed by atoms with Gasteiger partial charge in [0, 0.05) is 40.3 Å². The fourth-order valence-electron chi connectivity index (χ4n) is 4.67. The van der Waals surface area contributed by atoms with E-state index in [4.69, 9.17) is 9.47 Å². The molecular weight excluding hydrogens is 457 g/mol. The maximum Gasteiger partial charge on any atom is 0.411 e. The Morgan fingerprint density at radius 1 is 1.26 bits per heavy atom. The van der Waals surface area contributed by atoms with Crippen LogP contribution in [0.25, 0.3) is 0 Å². The van der Waals surface area contributed by atoms with Gasteiger partial charge in [0.05, 0.1) is 13.2 Å². The molecule has 5 rings (SSSR count). The molecule has 9 nitrogen and oxygen atoms in total. The van der Waals surface area contributed by atoms with Crippen LogP contribution in [0.2, 0.25) is 0 Å². The third-order valence-corrected chi connectivity index (χ3v) is 6.58. The van der Waals surface area contributed by atoms with Crippen LogP contribution in [-0.2, 0) is 32.9 Å². The lowest BCUT2D eigenvalue weighted by Gasteiger charge is -2.29. The highest BCUT2D eigenvalue weighted by atomic mass is 19.1. The van der Waals surface area contributed by atoms with Crippen molar-refractivity contribution in [3.8, 4) is 5.75 Å². The van der Waals surface area contributed by atoms with Crippen molar-refractivity contribution in [2.75, 3.05) is 11.9 Å². The highest BCUT2D eigenvalue weighted by molar-refractivity contribution is 6.05. The Balaban J connectivity index is 1.24. The number of hydrogen-bond donors (Lipinski definition) is 2. The lowest BCUT2D eigenvalue weighted by atomic mass is 9.87. The van der Waals surface area contributed by atoms with Gasteiger partial charge in [0.1, 0.15) is 24.2 Å². The second kappa shape index (κ2) is 8.37. The molecular formula is C25H24FN3O6. The summed E-state index contributed by atoms with van der Waals surface area (Å²) in [6.07, 6.45) is -0.436. The largest absolute Gasteiger partial charge is 0.492 e. The Bertz CT molecular complexity index is 1270. The number of amides is 4. The van der Waals surface area contributed by atoms with E-state index < -0.39 is 35.7 Å². The molecule has 0 bridgehead atoms. The lowest BCUT2D eigenvalue weighted by Crippen LogP contribution is -2.52. The SMILES string of the molecule is CC1(C)COc2cc(NC(=O)OCc3cc(F)c4c(c3)C(=O)N(C3CCC(=O)NC3=O)C4)ccc21. The first-order chi connectivity index (χ1) is 16.6. The minimum absolute atomic E-state index is 0.0644. The van der Waals surface area contributed by atoms with E-state index in [1.807, 2.05) is 6.07 Å². The molecule has 0 spiro atoms. The number of ether oxygens (including phenoxy) is 2. The van der Waals surface area contributed by atoms with Crippen LogP contribution in [0, 0.1) is 5.82 Å². The van der Waals surface area contributed by atoms with Crippen molar-refractivity contribution in [2.24, 2.45) is 0 Å². The fraction of sp³-hybridized carbons (Fsp3) is 0.360. The number of fused-ring (bicyclic) bond motifs is 2. The molecule has 3 aliphatic heterocycles. The molecule has 10 heteroatoms. The van der Waals surface area contributed by atoms with Crippen molar-refractivity contribution >= 4 is 29.5 Å². The normalized spacial score (nSPS) is 20.1. The first-order valence-corrected chi connectivity index (χ1v) is 11.3. The third-order valence-electron chi connectivity index (χ3n) is 6.58. The van der Waals surface area contributed by atoms with E-state index in [1.54, 1.807) is 12.1 Å². The van der Waals surface area contributed by atoms with Crippen LogP contribution in [0.1, 0.15) is 53.7 Å². The Hall–Kier alpha value is -3.95. The summed E-state index contributed by atoms with van der Waals surface area (Å²) in [5.74, 6) is -1.38. The van der Waals surface area contributed by atoms with Crippen molar-refractivity contribution < 1.29 is 33.0 Å². The number of rotatable bonds is 4. The van der Waals surface area contributed by atoms with E-state index in [-0.39, 0.29) is 42.5 Å². The number of anilines is 1. The Morgan fingerprint density at radius 2 is 2.06 bits per heavy atom. The topological polar surface area (TPSA) is 114 Å². The predicted molar refractivity (Wildman–Crippen MR) is 121 cm³/mol. The number of piperidine rings is 1. The first kappa shape index (κ1) is 22.8. The summed E-state index contributed by atoms with van der Waals surface area (Å²) in [4.78, 5) is 50.1. The molecule has 1 saturated heterocycles. The molecule has 2 aromatic carbocycles. The highest BCUT2D eigenvalue weighted by Gasteiger charge is 2.40.